The molecule has 2 aliphatic rings. The first kappa shape index (κ1) is 19.0. The highest BCUT2D eigenvalue weighted by Gasteiger charge is 2.42. The zero-order valence-electron chi connectivity index (χ0n) is 15.9. The Morgan fingerprint density at radius 3 is 2.69 bits per heavy atom. The molecule has 0 spiro atoms. The zero-order chi connectivity index (χ0) is 20.0. The predicted octanol–water partition coefficient (Wildman–Crippen LogP) is 2.62. The summed E-state index contributed by atoms with van der Waals surface area (Å²) in [5, 5.41) is 9.03. The van der Waals surface area contributed by atoms with E-state index in [0.717, 1.165) is 30.4 Å². The lowest BCUT2D eigenvalue weighted by atomic mass is 10.1. The lowest BCUT2D eigenvalue weighted by Crippen LogP contribution is -2.58. The van der Waals surface area contributed by atoms with E-state index in [9.17, 15) is 8.42 Å². The molecule has 2 unspecified atom stereocenters. The van der Waals surface area contributed by atoms with E-state index in [1.807, 2.05) is 28.9 Å². The third kappa shape index (κ3) is 3.44. The molecule has 0 radical (unpaired) electrons. The second-order valence-electron chi connectivity index (χ2n) is 7.73. The van der Waals surface area contributed by atoms with Crippen LogP contribution < -0.4 is 0 Å². The summed E-state index contributed by atoms with van der Waals surface area (Å²) < 4.78 is 30.5. The highest BCUT2D eigenvalue weighted by molar-refractivity contribution is 7.89. The van der Waals surface area contributed by atoms with Gasteiger partial charge in [0.25, 0.3) is 0 Å². The van der Waals surface area contributed by atoms with Gasteiger partial charge in [-0.05, 0) is 55.8 Å². The molecule has 0 bridgehead atoms. The van der Waals surface area contributed by atoms with Crippen LogP contribution in [0, 0.1) is 0 Å². The minimum absolute atomic E-state index is 0.213. The van der Waals surface area contributed by atoms with Gasteiger partial charge < -0.3 is 0 Å². The maximum Gasteiger partial charge on any atom is 0.243 e. The average molecular weight is 432 g/mol. The molecular formula is C20H22ClN5O2S. The van der Waals surface area contributed by atoms with Crippen LogP contribution in [0.5, 0.6) is 0 Å². The molecule has 2 saturated heterocycles. The van der Waals surface area contributed by atoms with Crippen molar-refractivity contribution in [3.8, 4) is 0 Å². The summed E-state index contributed by atoms with van der Waals surface area (Å²) in [5.41, 5.74) is 1.73. The van der Waals surface area contributed by atoms with E-state index in [0.29, 0.717) is 24.7 Å². The van der Waals surface area contributed by atoms with Crippen LogP contribution >= 0.6 is 11.6 Å². The van der Waals surface area contributed by atoms with Gasteiger partial charge in [-0.3, -0.25) is 4.90 Å². The van der Waals surface area contributed by atoms with Crippen LogP contribution in [0.25, 0.3) is 11.0 Å². The predicted molar refractivity (Wildman–Crippen MR) is 111 cm³/mol. The zero-order valence-corrected chi connectivity index (χ0v) is 17.4. The van der Waals surface area contributed by atoms with Crippen molar-refractivity contribution in [3.63, 3.8) is 0 Å². The normalized spacial score (nSPS) is 23.5. The van der Waals surface area contributed by atoms with Crippen LogP contribution in [0.1, 0.15) is 12.8 Å². The van der Waals surface area contributed by atoms with Gasteiger partial charge in [0.1, 0.15) is 5.52 Å². The van der Waals surface area contributed by atoms with E-state index in [1.165, 1.54) is 0 Å². The third-order valence-corrected chi connectivity index (χ3v) is 8.15. The molecule has 2 aliphatic heterocycles. The van der Waals surface area contributed by atoms with E-state index in [4.69, 9.17) is 11.6 Å². The Morgan fingerprint density at radius 2 is 1.86 bits per heavy atom. The summed E-state index contributed by atoms with van der Waals surface area (Å²) in [6, 6.07) is 14.2. The van der Waals surface area contributed by atoms with E-state index in [1.54, 1.807) is 28.6 Å². The standard InChI is InChI=1S/C20H22ClN5O2S/c21-15-7-9-18(10-8-15)29(27,28)26-14-16-4-3-11-24(16)12-17(26)13-25-20-6-2-1-5-19(20)22-23-25/h1-2,5-10,16-17H,3-4,11-14H2. The summed E-state index contributed by atoms with van der Waals surface area (Å²) in [4.78, 5) is 2.69. The molecule has 1 aromatic heterocycles. The van der Waals surface area contributed by atoms with Crippen LogP contribution in [-0.4, -0.2) is 64.3 Å². The Labute approximate surface area is 174 Å². The fourth-order valence-electron chi connectivity index (χ4n) is 4.50. The van der Waals surface area contributed by atoms with Crippen LogP contribution in [0.3, 0.4) is 0 Å². The van der Waals surface area contributed by atoms with Crippen LogP contribution in [-0.2, 0) is 16.6 Å². The van der Waals surface area contributed by atoms with Crippen molar-refractivity contribution in [3.05, 3.63) is 53.6 Å². The summed E-state index contributed by atoms with van der Waals surface area (Å²) >= 11 is 5.97. The number of benzene rings is 2. The van der Waals surface area contributed by atoms with Crippen molar-refractivity contribution in [2.24, 2.45) is 0 Å². The Bertz CT molecular complexity index is 1130. The summed E-state index contributed by atoms with van der Waals surface area (Å²) in [6.45, 7) is 2.69. The van der Waals surface area contributed by atoms with Gasteiger partial charge in [0, 0.05) is 24.2 Å². The Morgan fingerprint density at radius 1 is 1.07 bits per heavy atom. The van der Waals surface area contributed by atoms with Gasteiger partial charge in [0.15, 0.2) is 0 Å². The second kappa shape index (κ2) is 7.36. The van der Waals surface area contributed by atoms with Gasteiger partial charge >= 0.3 is 0 Å². The molecule has 5 rings (SSSR count). The number of fused-ring (bicyclic) bond motifs is 2. The van der Waals surface area contributed by atoms with Crippen LogP contribution in [0.2, 0.25) is 5.02 Å². The number of hydrogen-bond acceptors (Lipinski definition) is 5. The first-order valence-electron chi connectivity index (χ1n) is 9.82. The van der Waals surface area contributed by atoms with Gasteiger partial charge in [0.05, 0.1) is 23.0 Å². The van der Waals surface area contributed by atoms with E-state index < -0.39 is 10.0 Å². The maximum absolute atomic E-state index is 13.5. The highest BCUT2D eigenvalue weighted by Crippen LogP contribution is 2.30. The van der Waals surface area contributed by atoms with Gasteiger partial charge in [0.2, 0.25) is 10.0 Å². The highest BCUT2D eigenvalue weighted by atomic mass is 35.5. The number of sulfonamides is 1. The maximum atomic E-state index is 13.5. The second-order valence-corrected chi connectivity index (χ2v) is 10.1. The van der Waals surface area contributed by atoms with Gasteiger partial charge in [-0.25, -0.2) is 13.1 Å². The number of piperazine rings is 1. The van der Waals surface area contributed by atoms with Crippen molar-refractivity contribution in [2.45, 2.75) is 36.4 Å². The third-order valence-electron chi connectivity index (χ3n) is 5.97. The fraction of sp³-hybridized carbons (Fsp3) is 0.400. The Hall–Kier alpha value is -2.00. The molecule has 0 N–H and O–H groups in total. The monoisotopic (exact) mass is 431 g/mol. The Balaban J connectivity index is 1.51. The van der Waals surface area contributed by atoms with Gasteiger partial charge in [-0.2, -0.15) is 4.31 Å². The van der Waals surface area contributed by atoms with Crippen molar-refractivity contribution in [2.75, 3.05) is 19.6 Å². The molecule has 7 nitrogen and oxygen atoms in total. The minimum Gasteiger partial charge on any atom is -0.297 e. The van der Waals surface area contributed by atoms with E-state index in [-0.39, 0.29) is 17.0 Å². The van der Waals surface area contributed by atoms with Gasteiger partial charge in [-0.15, -0.1) is 5.10 Å². The topological polar surface area (TPSA) is 71.3 Å². The number of hydrogen-bond donors (Lipinski definition) is 0. The number of rotatable bonds is 4. The molecule has 152 valence electrons. The summed E-state index contributed by atoms with van der Waals surface area (Å²) in [5.74, 6) is 0. The summed E-state index contributed by atoms with van der Waals surface area (Å²) in [7, 11) is -3.64. The molecule has 2 fully saturated rings. The average Bonchev–Trinajstić information content (AvgIpc) is 3.34. The van der Waals surface area contributed by atoms with Gasteiger partial charge in [-0.1, -0.05) is 28.9 Å². The first-order chi connectivity index (χ1) is 14.0. The molecule has 3 heterocycles. The van der Waals surface area contributed by atoms with E-state index >= 15 is 0 Å². The quantitative estimate of drug-likeness (QED) is 0.635. The SMILES string of the molecule is O=S(=O)(c1ccc(Cl)cc1)N1CC2CCCN2CC1Cn1nnc2ccccc21. The van der Waals surface area contributed by atoms with Crippen LogP contribution in [0.4, 0.5) is 0 Å². The van der Waals surface area contributed by atoms with Crippen molar-refractivity contribution >= 4 is 32.7 Å². The smallest absolute Gasteiger partial charge is 0.243 e. The largest absolute Gasteiger partial charge is 0.297 e. The molecule has 2 atom stereocenters. The van der Waals surface area contributed by atoms with Crippen molar-refractivity contribution in [1.82, 2.24) is 24.2 Å². The lowest BCUT2D eigenvalue weighted by Gasteiger charge is -2.42. The van der Waals surface area contributed by atoms with Crippen molar-refractivity contribution in [1.29, 1.82) is 0 Å². The summed E-state index contributed by atoms with van der Waals surface area (Å²) in [6.07, 6.45) is 2.14. The number of halogens is 1. The number of nitrogens with zero attached hydrogens (tertiary/aromatic N) is 5. The molecule has 0 amide bonds. The fourth-order valence-corrected chi connectivity index (χ4v) is 6.27. The number of para-hydroxylation sites is 1. The molecule has 3 aromatic rings. The number of aromatic nitrogens is 3. The lowest BCUT2D eigenvalue weighted by molar-refractivity contribution is 0.0978. The molecule has 29 heavy (non-hydrogen) atoms. The molecular weight excluding hydrogens is 410 g/mol. The first-order valence-corrected chi connectivity index (χ1v) is 11.6. The van der Waals surface area contributed by atoms with Crippen molar-refractivity contribution < 1.29 is 8.42 Å². The molecule has 9 heteroatoms. The molecule has 2 aromatic carbocycles. The molecule has 0 saturated carbocycles. The van der Waals surface area contributed by atoms with Crippen LogP contribution in [0.15, 0.2) is 53.4 Å². The Kier molecular flexibility index (Phi) is 4.82. The minimum atomic E-state index is -3.64. The molecule has 0 aliphatic carbocycles. The van der Waals surface area contributed by atoms with E-state index in [2.05, 4.69) is 15.2 Å².